The van der Waals surface area contributed by atoms with Crippen molar-refractivity contribution in [2.24, 2.45) is 3.77 Å². The molecule has 1 aliphatic rings. The highest BCUT2D eigenvalue weighted by molar-refractivity contribution is 8.00. The minimum atomic E-state index is -3.69. The Bertz CT molecular complexity index is 635. The van der Waals surface area contributed by atoms with Crippen LogP contribution in [0.2, 0.25) is 0 Å². The molecule has 4 nitrogen and oxygen atoms in total. The molecule has 0 spiro atoms. The van der Waals surface area contributed by atoms with Crippen molar-refractivity contribution in [1.29, 1.82) is 5.26 Å². The zero-order valence-corrected chi connectivity index (χ0v) is 11.7. The number of hydrogen-bond donors (Lipinski definition) is 0. The molecule has 0 aromatic heterocycles. The van der Waals surface area contributed by atoms with Crippen LogP contribution in [0, 0.1) is 18.3 Å². The quantitative estimate of drug-likeness (QED) is 0.834. The van der Waals surface area contributed by atoms with Crippen LogP contribution in [0.25, 0.3) is 0 Å². The molecule has 1 saturated heterocycles. The lowest BCUT2D eigenvalue weighted by Crippen LogP contribution is -2.04. The molecule has 6 heteroatoms. The highest BCUT2D eigenvalue weighted by Crippen LogP contribution is 2.22. The summed E-state index contributed by atoms with van der Waals surface area (Å²) in [4.78, 5) is 0.0457. The molecule has 18 heavy (non-hydrogen) atoms. The number of aryl methyl sites for hydroxylation is 1. The molecule has 0 aliphatic carbocycles. The standard InChI is InChI=1S/C12H14N2O2S2/c1-10-5-4-6-12(11(10)9-13)18(15,16)14-17-7-2-3-8-17/h4-6H,2-3,7-8H2,1H3. The van der Waals surface area contributed by atoms with E-state index in [2.05, 4.69) is 3.77 Å². The predicted octanol–water partition coefficient (Wildman–Crippen LogP) is 2.15. The molecule has 0 bridgehead atoms. The van der Waals surface area contributed by atoms with Crippen molar-refractivity contribution in [1.82, 2.24) is 0 Å². The molecule has 0 atom stereocenters. The van der Waals surface area contributed by atoms with E-state index >= 15 is 0 Å². The van der Waals surface area contributed by atoms with E-state index in [1.165, 1.54) is 6.07 Å². The molecule has 0 radical (unpaired) electrons. The summed E-state index contributed by atoms with van der Waals surface area (Å²) in [7, 11) is -4.08. The third-order valence-corrected chi connectivity index (χ3v) is 6.88. The van der Waals surface area contributed by atoms with Crippen molar-refractivity contribution in [2.45, 2.75) is 24.7 Å². The highest BCUT2D eigenvalue weighted by atomic mass is 32.3. The van der Waals surface area contributed by atoms with Crippen molar-refractivity contribution in [2.75, 3.05) is 11.5 Å². The smallest absolute Gasteiger partial charge is 0.199 e. The van der Waals surface area contributed by atoms with Crippen LogP contribution in [-0.4, -0.2) is 19.9 Å². The number of rotatable bonds is 2. The molecule has 1 aliphatic heterocycles. The van der Waals surface area contributed by atoms with Gasteiger partial charge in [0.1, 0.15) is 11.0 Å². The van der Waals surface area contributed by atoms with E-state index < -0.39 is 10.0 Å². The van der Waals surface area contributed by atoms with E-state index in [0.717, 1.165) is 24.3 Å². The number of nitrogens with zero attached hydrogens (tertiary/aromatic N) is 2. The zero-order chi connectivity index (χ0) is 13.2. The van der Waals surface area contributed by atoms with Crippen molar-refractivity contribution >= 4 is 20.7 Å². The van der Waals surface area contributed by atoms with Crippen molar-refractivity contribution in [3.63, 3.8) is 0 Å². The molecule has 1 fully saturated rings. The molecule has 0 N–H and O–H groups in total. The Balaban J connectivity index is 2.52. The van der Waals surface area contributed by atoms with Gasteiger partial charge in [0.2, 0.25) is 0 Å². The summed E-state index contributed by atoms with van der Waals surface area (Å²) in [5.41, 5.74) is 0.882. The van der Waals surface area contributed by atoms with Crippen molar-refractivity contribution in [3.05, 3.63) is 29.3 Å². The first-order chi connectivity index (χ1) is 8.54. The summed E-state index contributed by atoms with van der Waals surface area (Å²) in [6.07, 6.45) is 2.09. The third-order valence-electron chi connectivity index (χ3n) is 2.84. The minimum Gasteiger partial charge on any atom is -0.199 e. The summed E-state index contributed by atoms with van der Waals surface area (Å²) >= 11 is 0. The summed E-state index contributed by atoms with van der Waals surface area (Å²) in [5.74, 6) is 1.71. The fourth-order valence-corrected chi connectivity index (χ4v) is 5.91. The summed E-state index contributed by atoms with van der Waals surface area (Å²) < 4.78 is 28.4. The number of nitriles is 1. The Kier molecular flexibility index (Phi) is 3.83. The van der Waals surface area contributed by atoms with Gasteiger partial charge in [-0.3, -0.25) is 0 Å². The molecule has 1 aromatic carbocycles. The van der Waals surface area contributed by atoms with Crippen LogP contribution in [0.15, 0.2) is 26.9 Å². The molecule has 1 aromatic rings. The molecule has 0 saturated carbocycles. The van der Waals surface area contributed by atoms with Gasteiger partial charge >= 0.3 is 0 Å². The molecular formula is C12H14N2O2S2. The summed E-state index contributed by atoms with van der Waals surface area (Å²) in [6.45, 7) is 1.73. The van der Waals surface area contributed by atoms with Gasteiger partial charge in [0, 0.05) is 11.5 Å². The molecule has 96 valence electrons. The summed E-state index contributed by atoms with van der Waals surface area (Å²) in [6, 6.07) is 6.80. The monoisotopic (exact) mass is 282 g/mol. The van der Waals surface area contributed by atoms with E-state index in [4.69, 9.17) is 5.26 Å². The first-order valence-electron chi connectivity index (χ1n) is 5.70. The van der Waals surface area contributed by atoms with Gasteiger partial charge in [0.25, 0.3) is 10.0 Å². The van der Waals surface area contributed by atoms with Gasteiger partial charge in [0.05, 0.1) is 5.56 Å². The Hall–Kier alpha value is -1.19. The zero-order valence-electron chi connectivity index (χ0n) is 10.1. The topological polar surface area (TPSA) is 70.3 Å². The SMILES string of the molecule is Cc1cccc(S(=O)(=O)N=S2CCCC2)c1C#N. The van der Waals surface area contributed by atoms with E-state index in [-0.39, 0.29) is 21.2 Å². The second-order valence-electron chi connectivity index (χ2n) is 4.19. The normalized spacial score (nSPS) is 16.4. The van der Waals surface area contributed by atoms with Crippen LogP contribution in [0.4, 0.5) is 0 Å². The Morgan fingerprint density at radius 2 is 2.00 bits per heavy atom. The Labute approximate surface area is 110 Å². The highest BCUT2D eigenvalue weighted by Gasteiger charge is 2.20. The molecule has 0 amide bonds. The molecule has 2 rings (SSSR count). The maximum atomic E-state index is 12.2. The van der Waals surface area contributed by atoms with Crippen LogP contribution in [0.3, 0.4) is 0 Å². The second kappa shape index (κ2) is 5.21. The van der Waals surface area contributed by atoms with Crippen molar-refractivity contribution in [3.8, 4) is 6.07 Å². The average Bonchev–Trinajstić information content (AvgIpc) is 2.80. The van der Waals surface area contributed by atoms with Gasteiger partial charge in [-0.05, 0) is 31.4 Å². The molecule has 1 heterocycles. The van der Waals surface area contributed by atoms with Gasteiger partial charge in [0.15, 0.2) is 0 Å². The summed E-state index contributed by atoms with van der Waals surface area (Å²) in [5, 5.41) is 9.07. The van der Waals surface area contributed by atoms with E-state index in [1.807, 2.05) is 6.07 Å². The number of sulfonamides is 1. The maximum Gasteiger partial charge on any atom is 0.289 e. The third kappa shape index (κ3) is 2.62. The maximum absolute atomic E-state index is 12.2. The number of benzene rings is 1. The van der Waals surface area contributed by atoms with Crippen LogP contribution in [-0.2, 0) is 20.7 Å². The lowest BCUT2D eigenvalue weighted by molar-refractivity contribution is 0.598. The van der Waals surface area contributed by atoms with Gasteiger partial charge in [-0.1, -0.05) is 22.8 Å². The fourth-order valence-electron chi connectivity index (χ4n) is 1.89. The van der Waals surface area contributed by atoms with Crippen LogP contribution >= 0.6 is 0 Å². The van der Waals surface area contributed by atoms with Crippen molar-refractivity contribution < 1.29 is 8.42 Å². The molecule has 0 unspecified atom stereocenters. The average molecular weight is 282 g/mol. The lowest BCUT2D eigenvalue weighted by atomic mass is 10.1. The van der Waals surface area contributed by atoms with Gasteiger partial charge < -0.3 is 0 Å². The second-order valence-corrected chi connectivity index (χ2v) is 7.91. The Morgan fingerprint density at radius 3 is 2.61 bits per heavy atom. The van der Waals surface area contributed by atoms with Gasteiger partial charge in [-0.2, -0.15) is 13.7 Å². The van der Waals surface area contributed by atoms with E-state index in [9.17, 15) is 8.42 Å². The fraction of sp³-hybridized carbons (Fsp3) is 0.417. The first kappa shape index (κ1) is 13.2. The first-order valence-corrected chi connectivity index (χ1v) is 8.66. The predicted molar refractivity (Wildman–Crippen MR) is 71.8 cm³/mol. The van der Waals surface area contributed by atoms with Crippen LogP contribution in [0.1, 0.15) is 24.0 Å². The lowest BCUT2D eigenvalue weighted by Gasteiger charge is -2.05. The van der Waals surface area contributed by atoms with E-state index in [1.54, 1.807) is 19.1 Å². The van der Waals surface area contributed by atoms with Crippen LogP contribution < -0.4 is 0 Å². The number of hydrogen-bond acceptors (Lipinski definition) is 3. The van der Waals surface area contributed by atoms with Gasteiger partial charge in [-0.25, -0.2) is 0 Å². The largest absolute Gasteiger partial charge is 0.289 e. The van der Waals surface area contributed by atoms with E-state index in [0.29, 0.717) is 5.56 Å². The Morgan fingerprint density at radius 1 is 1.33 bits per heavy atom. The van der Waals surface area contributed by atoms with Gasteiger partial charge in [-0.15, -0.1) is 3.77 Å². The molecular weight excluding hydrogens is 268 g/mol. The minimum absolute atomic E-state index is 0.0457. The van der Waals surface area contributed by atoms with Crippen LogP contribution in [0.5, 0.6) is 0 Å².